The third-order valence-electron chi connectivity index (χ3n) is 1.61. The van der Waals surface area contributed by atoms with E-state index in [4.69, 9.17) is 34.7 Å². The van der Waals surface area contributed by atoms with Crippen molar-refractivity contribution in [3.8, 4) is 0 Å². The lowest BCUT2D eigenvalue weighted by Gasteiger charge is -2.10. The van der Waals surface area contributed by atoms with E-state index in [2.05, 4.69) is 0 Å². The van der Waals surface area contributed by atoms with Crippen LogP contribution in [0.25, 0.3) is 0 Å². The van der Waals surface area contributed by atoms with Crippen LogP contribution < -0.4 is 11.5 Å². The van der Waals surface area contributed by atoms with Gasteiger partial charge in [0.2, 0.25) is 0 Å². The topological polar surface area (TPSA) is 52.0 Å². The maximum Gasteiger partial charge on any atom is 0.0455 e. The van der Waals surface area contributed by atoms with Gasteiger partial charge in [-0.2, -0.15) is 0 Å². The Morgan fingerprint density at radius 1 is 1.33 bits per heavy atom. The molecule has 1 rings (SSSR count). The summed E-state index contributed by atoms with van der Waals surface area (Å²) < 4.78 is 0. The van der Waals surface area contributed by atoms with Crippen LogP contribution in [0.3, 0.4) is 0 Å². The third-order valence-corrected chi connectivity index (χ3v) is 2.19. The zero-order chi connectivity index (χ0) is 9.14. The lowest BCUT2D eigenvalue weighted by atomic mass is 10.1. The normalized spacial score (nSPS) is 13.0. The number of benzene rings is 1. The molecule has 12 heavy (non-hydrogen) atoms. The van der Waals surface area contributed by atoms with Gasteiger partial charge in [0.05, 0.1) is 0 Å². The Morgan fingerprint density at radius 3 is 2.58 bits per heavy atom. The summed E-state index contributed by atoms with van der Waals surface area (Å²) >= 11 is 11.6. The van der Waals surface area contributed by atoms with Crippen LogP contribution in [-0.2, 0) is 0 Å². The van der Waals surface area contributed by atoms with Gasteiger partial charge in [-0.1, -0.05) is 23.2 Å². The predicted octanol–water partition coefficient (Wildman–Crippen LogP) is 1.95. The van der Waals surface area contributed by atoms with Gasteiger partial charge in [0.1, 0.15) is 0 Å². The predicted molar refractivity (Wildman–Crippen MR) is 52.4 cm³/mol. The lowest BCUT2D eigenvalue weighted by molar-refractivity contribution is 0.737. The molecule has 66 valence electrons. The molecule has 2 nitrogen and oxygen atoms in total. The molecule has 0 aliphatic heterocycles. The molecule has 1 aromatic carbocycles. The standard InChI is InChI=1S/C8H10Cl2N2/c9-5-1-2-7(10)6(3-5)8(12)4-11/h1-3,8H,4,11-12H2. The van der Waals surface area contributed by atoms with E-state index in [1.807, 2.05) is 0 Å². The smallest absolute Gasteiger partial charge is 0.0455 e. The minimum Gasteiger partial charge on any atom is -0.329 e. The van der Waals surface area contributed by atoms with E-state index in [1.165, 1.54) is 0 Å². The maximum absolute atomic E-state index is 5.88. The first kappa shape index (κ1) is 9.81. The fraction of sp³-hybridized carbons (Fsp3) is 0.250. The molecule has 1 aromatic rings. The Balaban J connectivity index is 3.04. The molecular formula is C8H10Cl2N2. The van der Waals surface area contributed by atoms with Crippen LogP contribution in [-0.4, -0.2) is 6.54 Å². The summed E-state index contributed by atoms with van der Waals surface area (Å²) in [5.74, 6) is 0. The van der Waals surface area contributed by atoms with Crippen LogP contribution in [0, 0.1) is 0 Å². The number of rotatable bonds is 2. The summed E-state index contributed by atoms with van der Waals surface area (Å²) in [5, 5.41) is 1.23. The third kappa shape index (κ3) is 2.11. The van der Waals surface area contributed by atoms with E-state index in [0.717, 1.165) is 5.56 Å². The van der Waals surface area contributed by atoms with Crippen LogP contribution in [0.2, 0.25) is 10.0 Å². The molecule has 0 aliphatic rings. The molecule has 0 saturated heterocycles. The Hall–Kier alpha value is -0.280. The van der Waals surface area contributed by atoms with Crippen LogP contribution in [0.1, 0.15) is 11.6 Å². The van der Waals surface area contributed by atoms with Gasteiger partial charge in [0, 0.05) is 22.6 Å². The summed E-state index contributed by atoms with van der Waals surface area (Å²) in [5.41, 5.74) is 11.9. The molecule has 0 radical (unpaired) electrons. The number of hydrogen-bond donors (Lipinski definition) is 2. The fourth-order valence-corrected chi connectivity index (χ4v) is 1.36. The van der Waals surface area contributed by atoms with Crippen molar-refractivity contribution in [2.24, 2.45) is 11.5 Å². The molecule has 0 spiro atoms. The monoisotopic (exact) mass is 204 g/mol. The molecular weight excluding hydrogens is 195 g/mol. The Kier molecular flexibility index (Phi) is 3.35. The molecule has 0 aromatic heterocycles. The maximum atomic E-state index is 5.88. The highest BCUT2D eigenvalue weighted by Gasteiger charge is 2.08. The van der Waals surface area contributed by atoms with Gasteiger partial charge >= 0.3 is 0 Å². The van der Waals surface area contributed by atoms with Gasteiger partial charge in [-0.25, -0.2) is 0 Å². The van der Waals surface area contributed by atoms with E-state index in [9.17, 15) is 0 Å². The van der Waals surface area contributed by atoms with Crippen LogP contribution in [0.5, 0.6) is 0 Å². The molecule has 0 saturated carbocycles. The number of hydrogen-bond acceptors (Lipinski definition) is 2. The Labute approximate surface area is 81.4 Å². The Morgan fingerprint density at radius 2 is 2.00 bits per heavy atom. The van der Waals surface area contributed by atoms with Crippen LogP contribution >= 0.6 is 23.2 Å². The molecule has 1 unspecified atom stereocenters. The van der Waals surface area contributed by atoms with Gasteiger partial charge in [0.15, 0.2) is 0 Å². The van der Waals surface area contributed by atoms with Crippen molar-refractivity contribution in [3.63, 3.8) is 0 Å². The van der Waals surface area contributed by atoms with E-state index >= 15 is 0 Å². The fourth-order valence-electron chi connectivity index (χ4n) is 0.926. The highest BCUT2D eigenvalue weighted by atomic mass is 35.5. The zero-order valence-corrected chi connectivity index (χ0v) is 7.94. The molecule has 1 atom stereocenters. The zero-order valence-electron chi connectivity index (χ0n) is 6.43. The van der Waals surface area contributed by atoms with Gasteiger partial charge < -0.3 is 11.5 Å². The summed E-state index contributed by atoms with van der Waals surface area (Å²) in [6.45, 7) is 0.361. The van der Waals surface area contributed by atoms with Crippen molar-refractivity contribution in [2.45, 2.75) is 6.04 Å². The Bertz CT molecular complexity index is 276. The average Bonchev–Trinajstić information content (AvgIpc) is 2.08. The highest BCUT2D eigenvalue weighted by molar-refractivity contribution is 6.33. The first-order valence-electron chi connectivity index (χ1n) is 3.55. The molecule has 0 bridgehead atoms. The molecule has 0 fully saturated rings. The first-order valence-corrected chi connectivity index (χ1v) is 4.31. The van der Waals surface area contributed by atoms with Crippen molar-refractivity contribution >= 4 is 23.2 Å². The largest absolute Gasteiger partial charge is 0.329 e. The quantitative estimate of drug-likeness (QED) is 0.775. The minimum atomic E-state index is -0.240. The van der Waals surface area contributed by atoms with Crippen molar-refractivity contribution < 1.29 is 0 Å². The van der Waals surface area contributed by atoms with Crippen molar-refractivity contribution in [1.82, 2.24) is 0 Å². The number of halogens is 2. The van der Waals surface area contributed by atoms with Gasteiger partial charge in [-0.15, -0.1) is 0 Å². The molecule has 4 heteroatoms. The summed E-state index contributed by atoms with van der Waals surface area (Å²) in [7, 11) is 0. The van der Waals surface area contributed by atoms with Gasteiger partial charge in [-0.3, -0.25) is 0 Å². The summed E-state index contributed by atoms with van der Waals surface area (Å²) in [6, 6.07) is 4.93. The molecule has 0 heterocycles. The van der Waals surface area contributed by atoms with Gasteiger partial charge in [-0.05, 0) is 23.8 Å². The van der Waals surface area contributed by atoms with Crippen molar-refractivity contribution in [2.75, 3.05) is 6.54 Å². The van der Waals surface area contributed by atoms with E-state index in [0.29, 0.717) is 16.6 Å². The van der Waals surface area contributed by atoms with E-state index in [-0.39, 0.29) is 6.04 Å². The van der Waals surface area contributed by atoms with Gasteiger partial charge in [0.25, 0.3) is 0 Å². The molecule has 0 aliphatic carbocycles. The lowest BCUT2D eigenvalue weighted by Crippen LogP contribution is -2.20. The highest BCUT2D eigenvalue weighted by Crippen LogP contribution is 2.24. The van der Waals surface area contributed by atoms with Crippen molar-refractivity contribution in [3.05, 3.63) is 33.8 Å². The average molecular weight is 205 g/mol. The van der Waals surface area contributed by atoms with E-state index in [1.54, 1.807) is 18.2 Å². The molecule has 0 amide bonds. The summed E-state index contributed by atoms with van der Waals surface area (Å²) in [6.07, 6.45) is 0. The SMILES string of the molecule is NCC(N)c1cc(Cl)ccc1Cl. The summed E-state index contributed by atoms with van der Waals surface area (Å²) in [4.78, 5) is 0. The second kappa shape index (κ2) is 4.10. The van der Waals surface area contributed by atoms with Crippen LogP contribution in [0.4, 0.5) is 0 Å². The minimum absolute atomic E-state index is 0.240. The second-order valence-electron chi connectivity index (χ2n) is 2.51. The first-order chi connectivity index (χ1) is 5.65. The second-order valence-corrected chi connectivity index (χ2v) is 3.35. The van der Waals surface area contributed by atoms with E-state index < -0.39 is 0 Å². The van der Waals surface area contributed by atoms with Crippen molar-refractivity contribution in [1.29, 1.82) is 0 Å². The van der Waals surface area contributed by atoms with Crippen LogP contribution in [0.15, 0.2) is 18.2 Å². The molecule has 4 N–H and O–H groups in total. The number of nitrogens with two attached hydrogens (primary N) is 2.